The fourth-order valence-electron chi connectivity index (χ4n) is 4.55. The van der Waals surface area contributed by atoms with Gasteiger partial charge in [0.25, 0.3) is 0 Å². The summed E-state index contributed by atoms with van der Waals surface area (Å²) in [6, 6.07) is -0.450. The van der Waals surface area contributed by atoms with Crippen LogP contribution >= 0.6 is 0 Å². The van der Waals surface area contributed by atoms with Gasteiger partial charge in [-0.1, -0.05) is 0 Å². The minimum absolute atomic E-state index is 0.00241. The van der Waals surface area contributed by atoms with Crippen molar-refractivity contribution in [3.63, 3.8) is 0 Å². The van der Waals surface area contributed by atoms with Crippen LogP contribution in [0.3, 0.4) is 0 Å². The maximum Gasteiger partial charge on any atom is 0.320 e. The van der Waals surface area contributed by atoms with Crippen LogP contribution in [0.15, 0.2) is 0 Å². The van der Waals surface area contributed by atoms with E-state index in [2.05, 4.69) is 5.32 Å². The molecule has 3 aliphatic rings. The van der Waals surface area contributed by atoms with E-state index in [1.807, 2.05) is 6.92 Å². The Bertz CT molecular complexity index is 485. The number of carbonyl (C=O) groups excluding carboxylic acids is 2. The van der Waals surface area contributed by atoms with Crippen molar-refractivity contribution >= 4 is 12.0 Å². The van der Waals surface area contributed by atoms with Crippen molar-refractivity contribution < 1.29 is 24.2 Å². The molecule has 5 atom stereocenters. The first-order chi connectivity index (χ1) is 11.0. The molecule has 3 fully saturated rings. The van der Waals surface area contributed by atoms with Gasteiger partial charge < -0.3 is 24.8 Å². The van der Waals surface area contributed by atoms with Crippen LogP contribution in [0.5, 0.6) is 0 Å². The number of rotatable bonds is 3. The van der Waals surface area contributed by atoms with Gasteiger partial charge >= 0.3 is 12.0 Å². The Morgan fingerprint density at radius 2 is 2.26 bits per heavy atom. The van der Waals surface area contributed by atoms with Crippen LogP contribution in [0.25, 0.3) is 0 Å². The van der Waals surface area contributed by atoms with E-state index in [1.54, 1.807) is 4.90 Å². The van der Waals surface area contributed by atoms with Crippen molar-refractivity contribution in [1.82, 2.24) is 10.2 Å². The topological polar surface area (TPSA) is 88.1 Å². The number of aliphatic hydroxyl groups is 1. The van der Waals surface area contributed by atoms with Gasteiger partial charge in [0, 0.05) is 12.6 Å². The Morgan fingerprint density at radius 3 is 2.91 bits per heavy atom. The highest BCUT2D eigenvalue weighted by Gasteiger charge is 2.60. The van der Waals surface area contributed by atoms with E-state index in [0.29, 0.717) is 12.8 Å². The first-order valence-corrected chi connectivity index (χ1v) is 8.49. The molecule has 130 valence electrons. The van der Waals surface area contributed by atoms with Gasteiger partial charge in [-0.2, -0.15) is 0 Å². The van der Waals surface area contributed by atoms with E-state index in [1.165, 1.54) is 7.11 Å². The molecule has 3 aliphatic heterocycles. The number of urea groups is 1. The SMILES string of the molecule is COC(=O)[C@@H]1[C@@H]2CC[C@H](CCO)N2C(=O)N[C@]12CCC[C@H](C)O2. The van der Waals surface area contributed by atoms with Gasteiger partial charge in [0.2, 0.25) is 0 Å². The number of hydrogen-bond donors (Lipinski definition) is 2. The van der Waals surface area contributed by atoms with Crippen molar-refractivity contribution in [3.05, 3.63) is 0 Å². The van der Waals surface area contributed by atoms with Crippen molar-refractivity contribution in [2.45, 2.75) is 69.4 Å². The van der Waals surface area contributed by atoms with Crippen LogP contribution in [-0.2, 0) is 14.3 Å². The number of ether oxygens (including phenoxy) is 2. The standard InChI is InChI=1S/C16H26N2O5/c1-10-4-3-8-16(23-10)13(14(20)22-2)12-6-5-11(7-9-19)18(12)15(21)17-16/h10-13,19H,3-9H2,1-2H3,(H,17,21)/t10-,11+,12-,13-,16-/m0/s1. The molecular formula is C16H26N2O5. The van der Waals surface area contributed by atoms with Gasteiger partial charge in [-0.25, -0.2) is 4.79 Å². The summed E-state index contributed by atoms with van der Waals surface area (Å²) in [5, 5.41) is 12.2. The zero-order chi connectivity index (χ0) is 16.6. The van der Waals surface area contributed by atoms with Crippen molar-refractivity contribution in [2.24, 2.45) is 5.92 Å². The number of nitrogens with zero attached hydrogens (tertiary/aromatic N) is 1. The van der Waals surface area contributed by atoms with Crippen molar-refractivity contribution in [2.75, 3.05) is 13.7 Å². The average Bonchev–Trinajstić information content (AvgIpc) is 2.91. The Hall–Kier alpha value is -1.34. The van der Waals surface area contributed by atoms with E-state index in [0.717, 1.165) is 25.7 Å². The average molecular weight is 326 g/mol. The molecule has 7 heteroatoms. The lowest BCUT2D eigenvalue weighted by atomic mass is 9.80. The largest absolute Gasteiger partial charge is 0.469 e. The maximum atomic E-state index is 12.7. The number of fused-ring (bicyclic) bond motifs is 1. The van der Waals surface area contributed by atoms with Gasteiger partial charge in [-0.3, -0.25) is 4.79 Å². The molecule has 0 aliphatic carbocycles. The molecule has 0 unspecified atom stereocenters. The molecule has 23 heavy (non-hydrogen) atoms. The summed E-state index contributed by atoms with van der Waals surface area (Å²) in [4.78, 5) is 27.0. The van der Waals surface area contributed by atoms with Crippen LogP contribution in [0.4, 0.5) is 4.79 Å². The Morgan fingerprint density at radius 1 is 1.48 bits per heavy atom. The second kappa shape index (κ2) is 6.28. The van der Waals surface area contributed by atoms with Gasteiger partial charge in [0.05, 0.1) is 19.3 Å². The van der Waals surface area contributed by atoms with E-state index in [-0.39, 0.29) is 36.8 Å². The minimum Gasteiger partial charge on any atom is -0.469 e. The molecule has 3 saturated heterocycles. The van der Waals surface area contributed by atoms with Crippen LogP contribution in [0.2, 0.25) is 0 Å². The number of hydrogen-bond acceptors (Lipinski definition) is 5. The summed E-state index contributed by atoms with van der Waals surface area (Å²) in [5.74, 6) is -0.865. The Labute approximate surface area is 136 Å². The molecule has 0 aromatic heterocycles. The smallest absolute Gasteiger partial charge is 0.320 e. The third-order valence-electron chi connectivity index (χ3n) is 5.47. The van der Waals surface area contributed by atoms with Crippen molar-refractivity contribution in [3.8, 4) is 0 Å². The van der Waals surface area contributed by atoms with E-state index in [9.17, 15) is 14.7 Å². The highest BCUT2D eigenvalue weighted by Crippen LogP contribution is 2.44. The monoisotopic (exact) mass is 326 g/mol. The van der Waals surface area contributed by atoms with Crippen LogP contribution in [0.1, 0.15) is 45.4 Å². The lowest BCUT2D eigenvalue weighted by Crippen LogP contribution is -2.72. The molecule has 0 aromatic rings. The third-order valence-corrected chi connectivity index (χ3v) is 5.47. The Balaban J connectivity index is 1.94. The second-order valence-corrected chi connectivity index (χ2v) is 6.86. The minimum atomic E-state index is -0.961. The highest BCUT2D eigenvalue weighted by molar-refractivity contribution is 5.83. The van der Waals surface area contributed by atoms with Gasteiger partial charge in [-0.05, 0) is 45.4 Å². The van der Waals surface area contributed by atoms with E-state index >= 15 is 0 Å². The summed E-state index contributed by atoms with van der Waals surface area (Å²) >= 11 is 0. The molecule has 0 saturated carbocycles. The predicted molar refractivity (Wildman–Crippen MR) is 81.5 cm³/mol. The van der Waals surface area contributed by atoms with Gasteiger partial charge in [0.15, 0.2) is 5.72 Å². The molecular weight excluding hydrogens is 300 g/mol. The summed E-state index contributed by atoms with van der Waals surface area (Å²) < 4.78 is 11.2. The zero-order valence-corrected chi connectivity index (χ0v) is 13.8. The van der Waals surface area contributed by atoms with E-state index in [4.69, 9.17) is 9.47 Å². The highest BCUT2D eigenvalue weighted by atomic mass is 16.5. The molecule has 3 rings (SSSR count). The van der Waals surface area contributed by atoms with E-state index < -0.39 is 11.6 Å². The van der Waals surface area contributed by atoms with Crippen LogP contribution in [-0.4, -0.2) is 59.6 Å². The normalized spacial score (nSPS) is 40.0. The molecule has 7 nitrogen and oxygen atoms in total. The Kier molecular flexibility index (Phi) is 4.51. The van der Waals surface area contributed by atoms with Crippen LogP contribution < -0.4 is 5.32 Å². The first kappa shape index (κ1) is 16.5. The first-order valence-electron chi connectivity index (χ1n) is 8.49. The maximum absolute atomic E-state index is 12.7. The number of aliphatic hydroxyl groups excluding tert-OH is 1. The third kappa shape index (κ3) is 2.70. The molecule has 1 spiro atoms. The summed E-state index contributed by atoms with van der Waals surface area (Å²) in [7, 11) is 1.38. The molecule has 0 bridgehead atoms. The number of nitrogens with one attached hydrogen (secondary N) is 1. The quantitative estimate of drug-likeness (QED) is 0.756. The lowest BCUT2D eigenvalue weighted by molar-refractivity contribution is -0.203. The number of amides is 2. The number of carbonyl (C=O) groups is 2. The van der Waals surface area contributed by atoms with Gasteiger partial charge in [0.1, 0.15) is 5.92 Å². The molecule has 2 amide bonds. The summed E-state index contributed by atoms with van der Waals surface area (Å²) in [6.45, 7) is 2.00. The zero-order valence-electron chi connectivity index (χ0n) is 13.8. The number of esters is 1. The van der Waals surface area contributed by atoms with Crippen molar-refractivity contribution in [1.29, 1.82) is 0 Å². The van der Waals surface area contributed by atoms with Crippen LogP contribution in [0, 0.1) is 5.92 Å². The predicted octanol–water partition coefficient (Wildman–Crippen LogP) is 0.999. The number of methoxy groups -OCH3 is 1. The second-order valence-electron chi connectivity index (χ2n) is 6.86. The summed E-state index contributed by atoms with van der Waals surface area (Å²) in [5.41, 5.74) is -0.961. The molecule has 2 N–H and O–H groups in total. The fraction of sp³-hybridized carbons (Fsp3) is 0.875. The molecule has 0 aromatic carbocycles. The fourth-order valence-corrected chi connectivity index (χ4v) is 4.55. The molecule has 0 radical (unpaired) electrons. The van der Waals surface area contributed by atoms with Gasteiger partial charge in [-0.15, -0.1) is 0 Å². The lowest BCUT2D eigenvalue weighted by Gasteiger charge is -2.52. The molecule has 3 heterocycles. The summed E-state index contributed by atoms with van der Waals surface area (Å²) in [6.07, 6.45) is 4.50.